The van der Waals surface area contributed by atoms with Crippen LogP contribution in [0.15, 0.2) is 12.1 Å². The number of carbonyl (C=O) groups excluding carboxylic acids is 1. The summed E-state index contributed by atoms with van der Waals surface area (Å²) in [6.07, 6.45) is 2.29. The van der Waals surface area contributed by atoms with Crippen LogP contribution in [0.25, 0.3) is 0 Å². The van der Waals surface area contributed by atoms with Gasteiger partial charge in [0.15, 0.2) is 0 Å². The van der Waals surface area contributed by atoms with Gasteiger partial charge < -0.3 is 20.1 Å². The predicted octanol–water partition coefficient (Wildman–Crippen LogP) is 1.56. The molecule has 2 aliphatic heterocycles. The van der Waals surface area contributed by atoms with Gasteiger partial charge in [-0.1, -0.05) is 0 Å². The first kappa shape index (κ1) is 13.2. The van der Waals surface area contributed by atoms with Gasteiger partial charge in [-0.25, -0.2) is 9.18 Å². The summed E-state index contributed by atoms with van der Waals surface area (Å²) in [5.74, 6) is -0.976. The molecule has 2 atom stereocenters. The van der Waals surface area contributed by atoms with E-state index < -0.39 is 11.8 Å². The lowest BCUT2D eigenvalue weighted by atomic mass is 10.1. The summed E-state index contributed by atoms with van der Waals surface area (Å²) in [5.41, 5.74) is 6.36. The number of hydrogen-bond donors (Lipinski definition) is 1. The largest absolute Gasteiger partial charge is 0.465 e. The Morgan fingerprint density at radius 1 is 1.40 bits per heavy atom. The lowest BCUT2D eigenvalue weighted by Crippen LogP contribution is -2.43. The standard InChI is InChI=1S/C14H17FN2O3/c1-19-14(18)10-4-13(11(15)5-12(10)16)17-6-8-2-3-9(7-17)20-8/h4-5,8-9H,2-3,6-7,16H2,1H3. The van der Waals surface area contributed by atoms with Crippen molar-refractivity contribution in [2.24, 2.45) is 0 Å². The summed E-state index contributed by atoms with van der Waals surface area (Å²) in [6, 6.07) is 2.65. The van der Waals surface area contributed by atoms with Crippen molar-refractivity contribution in [3.8, 4) is 0 Å². The van der Waals surface area contributed by atoms with Gasteiger partial charge in [-0.3, -0.25) is 0 Å². The first-order chi connectivity index (χ1) is 9.58. The topological polar surface area (TPSA) is 64.8 Å². The van der Waals surface area contributed by atoms with Crippen molar-refractivity contribution in [3.63, 3.8) is 0 Å². The number of fused-ring (bicyclic) bond motifs is 2. The number of methoxy groups -OCH3 is 1. The van der Waals surface area contributed by atoms with Gasteiger partial charge in [0, 0.05) is 18.8 Å². The number of nitrogens with two attached hydrogens (primary N) is 1. The molecule has 1 aromatic rings. The average molecular weight is 280 g/mol. The van der Waals surface area contributed by atoms with Gasteiger partial charge in [-0.05, 0) is 25.0 Å². The second-order valence-corrected chi connectivity index (χ2v) is 5.24. The zero-order valence-electron chi connectivity index (χ0n) is 11.3. The van der Waals surface area contributed by atoms with E-state index >= 15 is 0 Å². The van der Waals surface area contributed by atoms with Crippen LogP contribution < -0.4 is 10.6 Å². The molecule has 2 saturated heterocycles. The SMILES string of the molecule is COC(=O)c1cc(N2CC3CCC(C2)O3)c(F)cc1N. The maximum atomic E-state index is 14.1. The van der Waals surface area contributed by atoms with Crippen LogP contribution in [0.1, 0.15) is 23.2 Å². The molecule has 1 aromatic carbocycles. The summed E-state index contributed by atoms with van der Waals surface area (Å²) < 4.78 is 24.5. The molecule has 2 unspecified atom stereocenters. The number of esters is 1. The molecule has 0 aliphatic carbocycles. The molecule has 3 rings (SSSR count). The van der Waals surface area contributed by atoms with Gasteiger partial charge in [0.25, 0.3) is 0 Å². The third-order valence-electron chi connectivity index (χ3n) is 3.91. The van der Waals surface area contributed by atoms with Crippen molar-refractivity contribution in [1.29, 1.82) is 0 Å². The number of ether oxygens (including phenoxy) is 2. The maximum absolute atomic E-state index is 14.1. The summed E-state index contributed by atoms with van der Waals surface area (Å²) in [4.78, 5) is 13.6. The van der Waals surface area contributed by atoms with Crippen LogP contribution in [0.2, 0.25) is 0 Å². The number of nitrogens with zero attached hydrogens (tertiary/aromatic N) is 1. The fourth-order valence-corrected chi connectivity index (χ4v) is 2.92. The molecular weight excluding hydrogens is 263 g/mol. The third-order valence-corrected chi connectivity index (χ3v) is 3.91. The molecule has 0 aromatic heterocycles. The Morgan fingerprint density at radius 2 is 2.05 bits per heavy atom. The first-order valence-corrected chi connectivity index (χ1v) is 6.66. The fraction of sp³-hybridized carbons (Fsp3) is 0.500. The fourth-order valence-electron chi connectivity index (χ4n) is 2.92. The molecule has 108 valence electrons. The summed E-state index contributed by atoms with van der Waals surface area (Å²) >= 11 is 0. The van der Waals surface area contributed by atoms with Crippen molar-refractivity contribution in [2.75, 3.05) is 30.8 Å². The molecule has 2 aliphatic rings. The minimum Gasteiger partial charge on any atom is -0.465 e. The van der Waals surface area contributed by atoms with E-state index in [0.29, 0.717) is 18.8 Å². The van der Waals surface area contributed by atoms with Gasteiger partial charge in [0.1, 0.15) is 5.82 Å². The minimum absolute atomic E-state index is 0.0920. The number of halogens is 1. The predicted molar refractivity (Wildman–Crippen MR) is 72.3 cm³/mol. The Balaban J connectivity index is 1.94. The Hall–Kier alpha value is -1.82. The van der Waals surface area contributed by atoms with Crippen LogP contribution in [-0.4, -0.2) is 38.4 Å². The van der Waals surface area contributed by atoms with E-state index in [2.05, 4.69) is 4.74 Å². The number of nitrogen functional groups attached to an aromatic ring is 1. The van der Waals surface area contributed by atoms with Crippen molar-refractivity contribution < 1.29 is 18.7 Å². The molecule has 0 amide bonds. The summed E-state index contributed by atoms with van der Waals surface area (Å²) in [6.45, 7) is 1.27. The van der Waals surface area contributed by atoms with Crippen LogP contribution in [0.5, 0.6) is 0 Å². The van der Waals surface area contributed by atoms with Crippen LogP contribution in [0, 0.1) is 5.82 Å². The Labute approximate surface area is 116 Å². The highest BCUT2D eigenvalue weighted by Gasteiger charge is 2.35. The van der Waals surface area contributed by atoms with Crippen molar-refractivity contribution in [1.82, 2.24) is 0 Å². The van der Waals surface area contributed by atoms with E-state index in [-0.39, 0.29) is 23.5 Å². The maximum Gasteiger partial charge on any atom is 0.340 e. The van der Waals surface area contributed by atoms with E-state index in [1.807, 2.05) is 4.90 Å². The highest BCUT2D eigenvalue weighted by molar-refractivity contribution is 5.96. The molecule has 0 radical (unpaired) electrons. The Kier molecular flexibility index (Phi) is 3.25. The van der Waals surface area contributed by atoms with E-state index in [9.17, 15) is 9.18 Å². The zero-order valence-corrected chi connectivity index (χ0v) is 11.3. The molecule has 6 heteroatoms. The normalized spacial score (nSPS) is 24.8. The van der Waals surface area contributed by atoms with E-state index in [4.69, 9.17) is 10.5 Å². The van der Waals surface area contributed by atoms with Crippen molar-refractivity contribution >= 4 is 17.3 Å². The van der Waals surface area contributed by atoms with Crippen LogP contribution in [0.3, 0.4) is 0 Å². The molecule has 20 heavy (non-hydrogen) atoms. The molecule has 0 saturated carbocycles. The van der Waals surface area contributed by atoms with Crippen LogP contribution in [-0.2, 0) is 9.47 Å². The second-order valence-electron chi connectivity index (χ2n) is 5.24. The summed E-state index contributed by atoms with van der Waals surface area (Å²) in [5, 5.41) is 0. The van der Waals surface area contributed by atoms with Gasteiger partial charge >= 0.3 is 5.97 Å². The van der Waals surface area contributed by atoms with Gasteiger partial charge in [-0.15, -0.1) is 0 Å². The van der Waals surface area contributed by atoms with E-state index in [0.717, 1.165) is 12.8 Å². The van der Waals surface area contributed by atoms with E-state index in [1.165, 1.54) is 19.2 Å². The highest BCUT2D eigenvalue weighted by atomic mass is 19.1. The van der Waals surface area contributed by atoms with Crippen LogP contribution in [0.4, 0.5) is 15.8 Å². The number of morpholine rings is 1. The monoisotopic (exact) mass is 280 g/mol. The highest BCUT2D eigenvalue weighted by Crippen LogP contribution is 2.32. The van der Waals surface area contributed by atoms with Gasteiger partial charge in [0.2, 0.25) is 0 Å². The lowest BCUT2D eigenvalue weighted by Gasteiger charge is -2.34. The zero-order chi connectivity index (χ0) is 14.3. The molecule has 2 N–H and O–H groups in total. The first-order valence-electron chi connectivity index (χ1n) is 6.66. The number of hydrogen-bond acceptors (Lipinski definition) is 5. The smallest absolute Gasteiger partial charge is 0.340 e. The minimum atomic E-state index is -0.556. The Bertz CT molecular complexity index is 537. The molecule has 5 nitrogen and oxygen atoms in total. The molecule has 2 fully saturated rings. The van der Waals surface area contributed by atoms with E-state index in [1.54, 1.807) is 0 Å². The second kappa shape index (κ2) is 4.94. The number of carbonyl (C=O) groups is 1. The Morgan fingerprint density at radius 3 is 2.65 bits per heavy atom. The quantitative estimate of drug-likeness (QED) is 0.658. The van der Waals surface area contributed by atoms with Crippen LogP contribution >= 0.6 is 0 Å². The van der Waals surface area contributed by atoms with Crippen molar-refractivity contribution in [3.05, 3.63) is 23.5 Å². The lowest BCUT2D eigenvalue weighted by molar-refractivity contribution is 0.0303. The average Bonchev–Trinajstić information content (AvgIpc) is 2.77. The molecule has 2 heterocycles. The van der Waals surface area contributed by atoms with Crippen molar-refractivity contribution in [2.45, 2.75) is 25.0 Å². The summed E-state index contributed by atoms with van der Waals surface area (Å²) in [7, 11) is 1.28. The molecular formula is C14H17FN2O3. The number of rotatable bonds is 2. The number of anilines is 2. The molecule has 0 spiro atoms. The van der Waals surface area contributed by atoms with Gasteiger partial charge in [-0.2, -0.15) is 0 Å². The molecule has 2 bridgehead atoms. The van der Waals surface area contributed by atoms with Gasteiger partial charge in [0.05, 0.1) is 30.6 Å². The third kappa shape index (κ3) is 2.20. The number of benzene rings is 1.